The predicted octanol–water partition coefficient (Wildman–Crippen LogP) is 7.42. The minimum Gasteiger partial charge on any atom is -0.484 e. The standard InChI is InChI=1S/C34H39N7O2/c1-21(2)32-38-37-30-18-15-24(20-40(30)32)43-28-17-16-27(25-9-7-8-10-26(25)28)35-33(42)36-31-19-29(34(4,5)6)39-41(31)23-13-11-22(3)12-14-23/h7-15,18-21,27-28H,16-17H2,1-6H3,(H2,35,36,42)/t27-,28-/m1/s1. The molecule has 43 heavy (non-hydrogen) atoms. The van der Waals surface area contributed by atoms with Gasteiger partial charge in [-0.2, -0.15) is 5.10 Å². The number of carbonyl (C=O) groups is 1. The summed E-state index contributed by atoms with van der Waals surface area (Å²) >= 11 is 0. The number of nitrogens with one attached hydrogen (secondary N) is 2. The third-order valence-electron chi connectivity index (χ3n) is 7.94. The second-order valence-electron chi connectivity index (χ2n) is 12.7. The van der Waals surface area contributed by atoms with Gasteiger partial charge in [-0.15, -0.1) is 10.2 Å². The van der Waals surface area contributed by atoms with Crippen LogP contribution in [0.1, 0.15) is 93.7 Å². The van der Waals surface area contributed by atoms with Crippen molar-refractivity contribution in [1.82, 2.24) is 29.7 Å². The van der Waals surface area contributed by atoms with E-state index < -0.39 is 0 Å². The summed E-state index contributed by atoms with van der Waals surface area (Å²) in [6, 6.07) is 21.7. The lowest BCUT2D eigenvalue weighted by molar-refractivity contribution is 0.171. The Kier molecular flexibility index (Phi) is 7.42. The van der Waals surface area contributed by atoms with Crippen LogP contribution in [0.5, 0.6) is 5.75 Å². The van der Waals surface area contributed by atoms with Crippen LogP contribution in [0.25, 0.3) is 11.3 Å². The number of amides is 2. The van der Waals surface area contributed by atoms with Gasteiger partial charge in [0.25, 0.3) is 0 Å². The summed E-state index contributed by atoms with van der Waals surface area (Å²) in [5, 5.41) is 19.7. The van der Waals surface area contributed by atoms with Crippen molar-refractivity contribution < 1.29 is 9.53 Å². The number of aryl methyl sites for hydroxylation is 1. The zero-order valence-electron chi connectivity index (χ0n) is 25.6. The second-order valence-corrected chi connectivity index (χ2v) is 12.7. The van der Waals surface area contributed by atoms with Crippen molar-refractivity contribution >= 4 is 17.5 Å². The van der Waals surface area contributed by atoms with E-state index in [0.717, 1.165) is 58.1 Å². The van der Waals surface area contributed by atoms with Gasteiger partial charge < -0.3 is 10.1 Å². The molecule has 2 amide bonds. The molecule has 0 saturated carbocycles. The van der Waals surface area contributed by atoms with Crippen LogP contribution in [-0.4, -0.2) is 30.4 Å². The molecule has 0 fully saturated rings. The summed E-state index contributed by atoms with van der Waals surface area (Å²) in [6.07, 6.45) is 3.33. The molecule has 2 atom stereocenters. The number of nitrogens with zero attached hydrogens (tertiary/aromatic N) is 5. The first kappa shape index (κ1) is 28.5. The molecule has 5 aromatic rings. The molecule has 3 heterocycles. The maximum atomic E-state index is 13.4. The normalized spacial score (nSPS) is 16.7. The molecule has 222 valence electrons. The zero-order chi connectivity index (χ0) is 30.3. The van der Waals surface area contributed by atoms with E-state index in [0.29, 0.717) is 5.82 Å². The van der Waals surface area contributed by atoms with Crippen LogP contribution in [0.2, 0.25) is 0 Å². The van der Waals surface area contributed by atoms with Crippen molar-refractivity contribution in [3.63, 3.8) is 0 Å². The number of hydrogen-bond acceptors (Lipinski definition) is 5. The average molecular weight is 578 g/mol. The van der Waals surface area contributed by atoms with E-state index >= 15 is 0 Å². The van der Waals surface area contributed by atoms with Gasteiger partial charge in [0.1, 0.15) is 23.5 Å². The monoisotopic (exact) mass is 577 g/mol. The number of carbonyl (C=O) groups excluding carboxylic acids is 1. The number of aromatic nitrogens is 5. The van der Waals surface area contributed by atoms with Gasteiger partial charge in [0.05, 0.1) is 23.6 Å². The van der Waals surface area contributed by atoms with E-state index in [9.17, 15) is 4.79 Å². The van der Waals surface area contributed by atoms with E-state index in [1.165, 1.54) is 0 Å². The van der Waals surface area contributed by atoms with Gasteiger partial charge in [-0.05, 0) is 55.2 Å². The molecule has 9 heteroatoms. The summed E-state index contributed by atoms with van der Waals surface area (Å²) in [5.41, 5.74) is 5.72. The average Bonchev–Trinajstić information content (AvgIpc) is 3.59. The highest BCUT2D eigenvalue weighted by Gasteiger charge is 2.30. The van der Waals surface area contributed by atoms with Crippen LogP contribution in [0.15, 0.2) is 72.9 Å². The summed E-state index contributed by atoms with van der Waals surface area (Å²) in [7, 11) is 0. The highest BCUT2D eigenvalue weighted by atomic mass is 16.5. The Balaban J connectivity index is 1.21. The fourth-order valence-corrected chi connectivity index (χ4v) is 5.57. The Labute approximate surface area is 252 Å². The van der Waals surface area contributed by atoms with E-state index in [1.807, 2.05) is 65.2 Å². The lowest BCUT2D eigenvalue weighted by Gasteiger charge is -2.32. The zero-order valence-corrected chi connectivity index (χ0v) is 25.6. The summed E-state index contributed by atoms with van der Waals surface area (Å²) in [4.78, 5) is 13.4. The molecule has 6 rings (SSSR count). The van der Waals surface area contributed by atoms with Crippen LogP contribution in [0.4, 0.5) is 10.6 Å². The third-order valence-corrected chi connectivity index (χ3v) is 7.94. The van der Waals surface area contributed by atoms with Crippen LogP contribution in [0, 0.1) is 6.92 Å². The van der Waals surface area contributed by atoms with Gasteiger partial charge in [0, 0.05) is 17.4 Å². The largest absolute Gasteiger partial charge is 0.484 e. The van der Waals surface area contributed by atoms with Crippen LogP contribution in [-0.2, 0) is 5.41 Å². The summed E-state index contributed by atoms with van der Waals surface area (Å²) in [5.74, 6) is 2.53. The highest BCUT2D eigenvalue weighted by Crippen LogP contribution is 2.39. The molecule has 1 aliphatic carbocycles. The molecule has 1 aliphatic rings. The number of ether oxygens (including phenoxy) is 1. The number of urea groups is 1. The minimum atomic E-state index is -0.271. The van der Waals surface area contributed by atoms with Crippen molar-refractivity contribution in [1.29, 1.82) is 0 Å². The van der Waals surface area contributed by atoms with Crippen LogP contribution in [0.3, 0.4) is 0 Å². The lowest BCUT2D eigenvalue weighted by atomic mass is 9.85. The number of fused-ring (bicyclic) bond motifs is 2. The molecule has 9 nitrogen and oxygen atoms in total. The molecule has 0 spiro atoms. The molecule has 0 unspecified atom stereocenters. The minimum absolute atomic E-state index is 0.133. The molecular formula is C34H39N7O2. The van der Waals surface area contributed by atoms with E-state index in [1.54, 1.807) is 4.68 Å². The topological polar surface area (TPSA) is 98.4 Å². The molecule has 0 radical (unpaired) electrons. The molecular weight excluding hydrogens is 538 g/mol. The molecule has 0 bridgehead atoms. The van der Waals surface area contributed by atoms with Gasteiger partial charge >= 0.3 is 6.03 Å². The second kappa shape index (κ2) is 11.2. The Hall–Kier alpha value is -4.66. The molecule has 0 saturated heterocycles. The van der Waals surface area contributed by atoms with E-state index in [2.05, 4.69) is 74.5 Å². The molecule has 2 N–H and O–H groups in total. The van der Waals surface area contributed by atoms with Crippen LogP contribution < -0.4 is 15.4 Å². The number of pyridine rings is 1. The van der Waals surface area contributed by atoms with E-state index in [4.69, 9.17) is 9.84 Å². The number of rotatable bonds is 6. The third kappa shape index (κ3) is 5.84. The molecule has 0 aliphatic heterocycles. The Bertz CT molecular complexity index is 1760. The predicted molar refractivity (Wildman–Crippen MR) is 168 cm³/mol. The van der Waals surface area contributed by atoms with Crippen molar-refractivity contribution in [3.8, 4) is 11.4 Å². The fourth-order valence-electron chi connectivity index (χ4n) is 5.57. The smallest absolute Gasteiger partial charge is 0.320 e. The first-order valence-corrected chi connectivity index (χ1v) is 14.9. The quantitative estimate of drug-likeness (QED) is 0.219. The molecule has 2 aromatic carbocycles. The summed E-state index contributed by atoms with van der Waals surface area (Å²) in [6.45, 7) is 12.6. The summed E-state index contributed by atoms with van der Waals surface area (Å²) < 4.78 is 10.3. The van der Waals surface area contributed by atoms with Crippen molar-refractivity contribution in [2.24, 2.45) is 0 Å². The first-order valence-electron chi connectivity index (χ1n) is 14.9. The molecule has 3 aromatic heterocycles. The highest BCUT2D eigenvalue weighted by molar-refractivity contribution is 5.89. The van der Waals surface area contributed by atoms with Gasteiger partial charge in [-0.25, -0.2) is 9.48 Å². The van der Waals surface area contributed by atoms with Crippen LogP contribution >= 0.6 is 0 Å². The van der Waals surface area contributed by atoms with Gasteiger partial charge in [0.15, 0.2) is 5.65 Å². The maximum Gasteiger partial charge on any atom is 0.320 e. The first-order chi connectivity index (χ1) is 20.6. The number of anilines is 1. The van der Waals surface area contributed by atoms with Crippen molar-refractivity contribution in [3.05, 3.63) is 101 Å². The maximum absolute atomic E-state index is 13.4. The van der Waals surface area contributed by atoms with Gasteiger partial charge in [0.2, 0.25) is 0 Å². The fraction of sp³-hybridized carbons (Fsp3) is 0.353. The van der Waals surface area contributed by atoms with Gasteiger partial charge in [-0.1, -0.05) is 76.6 Å². The Morgan fingerprint density at radius 1 is 0.977 bits per heavy atom. The van der Waals surface area contributed by atoms with Crippen molar-refractivity contribution in [2.45, 2.75) is 77.9 Å². The van der Waals surface area contributed by atoms with Crippen molar-refractivity contribution in [2.75, 3.05) is 5.32 Å². The number of hydrogen-bond donors (Lipinski definition) is 2. The SMILES string of the molecule is Cc1ccc(-n2nc(C(C)(C)C)cc2NC(=O)N[C@@H]2CC[C@@H](Oc3ccc4nnc(C(C)C)n4c3)c3ccccc32)cc1. The Morgan fingerprint density at radius 3 is 2.44 bits per heavy atom. The Morgan fingerprint density at radius 2 is 1.72 bits per heavy atom. The van der Waals surface area contributed by atoms with E-state index in [-0.39, 0.29) is 29.5 Å². The number of benzene rings is 2. The lowest BCUT2D eigenvalue weighted by Crippen LogP contribution is -2.36. The van der Waals surface area contributed by atoms with Gasteiger partial charge in [-0.3, -0.25) is 9.72 Å².